The van der Waals surface area contributed by atoms with Gasteiger partial charge in [0.2, 0.25) is 0 Å². The number of benzene rings is 2. The maximum Gasteiger partial charge on any atom is 0.383 e. The molecule has 0 N–H and O–H groups in total. The van der Waals surface area contributed by atoms with Crippen LogP contribution in [0.15, 0.2) is 66.0 Å². The molecule has 2 aromatic rings. The highest BCUT2D eigenvalue weighted by molar-refractivity contribution is 5.80. The van der Waals surface area contributed by atoms with Crippen molar-refractivity contribution in [3.8, 4) is 0 Å². The minimum Gasteiger partial charge on any atom is -0.308 e. The van der Waals surface area contributed by atoms with Crippen LogP contribution in [0.1, 0.15) is 54.4 Å². The van der Waals surface area contributed by atoms with Crippen LogP contribution in [0.5, 0.6) is 0 Å². The second-order valence-electron chi connectivity index (χ2n) is 9.31. The standard InChI is InChI=1S/C28H24F8O/c1-3-15-8-22(31)26(23(32)9-15)16-4-6-18(7-5-16)28(35,36)37-19-12-24(33)27(25(34)13-19)17-10-20(29)14(2)21(30)11-17/h4-8,10-12,15,19,23,26H,3,9,13H2,1-2H3. The van der Waals surface area contributed by atoms with Crippen LogP contribution < -0.4 is 0 Å². The summed E-state index contributed by atoms with van der Waals surface area (Å²) in [5, 5.41) is 0. The molecule has 1 nitrogen and oxygen atoms in total. The Balaban J connectivity index is 1.51. The van der Waals surface area contributed by atoms with Crippen molar-refractivity contribution < 1.29 is 39.9 Å². The highest BCUT2D eigenvalue weighted by Gasteiger charge is 2.39. The van der Waals surface area contributed by atoms with E-state index in [1.54, 1.807) is 0 Å². The van der Waals surface area contributed by atoms with E-state index in [4.69, 9.17) is 0 Å². The van der Waals surface area contributed by atoms with Crippen molar-refractivity contribution in [3.63, 3.8) is 0 Å². The van der Waals surface area contributed by atoms with Gasteiger partial charge >= 0.3 is 6.11 Å². The summed E-state index contributed by atoms with van der Waals surface area (Å²) in [6.07, 6.45) is -5.36. The van der Waals surface area contributed by atoms with Crippen LogP contribution in [0, 0.1) is 24.5 Å². The van der Waals surface area contributed by atoms with E-state index in [1.165, 1.54) is 18.2 Å². The van der Waals surface area contributed by atoms with Crippen LogP contribution in [0.3, 0.4) is 0 Å². The average Bonchev–Trinajstić information content (AvgIpc) is 2.81. The third-order valence-corrected chi connectivity index (χ3v) is 6.80. The van der Waals surface area contributed by atoms with Crippen LogP contribution in [-0.4, -0.2) is 12.3 Å². The zero-order valence-electron chi connectivity index (χ0n) is 20.0. The van der Waals surface area contributed by atoms with Gasteiger partial charge in [-0.15, -0.1) is 0 Å². The van der Waals surface area contributed by atoms with E-state index in [0.717, 1.165) is 31.2 Å². The van der Waals surface area contributed by atoms with E-state index < -0.39 is 76.5 Å². The zero-order chi connectivity index (χ0) is 27.1. The minimum absolute atomic E-state index is 0.123. The molecule has 9 heteroatoms. The van der Waals surface area contributed by atoms with Crippen molar-refractivity contribution >= 4 is 5.57 Å². The lowest BCUT2D eigenvalue weighted by Crippen LogP contribution is -2.27. The third-order valence-electron chi connectivity index (χ3n) is 6.80. The molecule has 4 rings (SSSR count). The molecule has 0 spiro atoms. The van der Waals surface area contributed by atoms with Gasteiger partial charge in [-0.25, -0.2) is 26.3 Å². The smallest absolute Gasteiger partial charge is 0.308 e. The highest BCUT2D eigenvalue weighted by Crippen LogP contribution is 2.42. The number of alkyl halides is 3. The number of ether oxygens (including phenoxy) is 1. The number of halogens is 8. The third kappa shape index (κ3) is 5.51. The van der Waals surface area contributed by atoms with Crippen LogP contribution in [-0.2, 0) is 10.8 Å². The maximum absolute atomic E-state index is 14.8. The first-order valence-corrected chi connectivity index (χ1v) is 11.8. The Morgan fingerprint density at radius 3 is 2.11 bits per heavy atom. The molecule has 0 radical (unpaired) electrons. The minimum atomic E-state index is -4.00. The SMILES string of the molecule is CCC1C=C(F)C(c2ccc(C(F)(F)OC3C=C(F)C(c4cc(F)c(C)c(F)c4)=C(F)C3)cc2)C(F)C1. The molecule has 2 aliphatic carbocycles. The highest BCUT2D eigenvalue weighted by atomic mass is 19.3. The Morgan fingerprint density at radius 2 is 1.57 bits per heavy atom. The van der Waals surface area contributed by atoms with Gasteiger partial charge in [0.25, 0.3) is 0 Å². The van der Waals surface area contributed by atoms with Crippen LogP contribution in [0.25, 0.3) is 5.57 Å². The van der Waals surface area contributed by atoms with E-state index in [0.29, 0.717) is 12.5 Å². The normalized spacial score (nSPS) is 24.7. The molecule has 198 valence electrons. The lowest BCUT2D eigenvalue weighted by atomic mass is 9.81. The van der Waals surface area contributed by atoms with Gasteiger partial charge in [-0.05, 0) is 61.1 Å². The summed E-state index contributed by atoms with van der Waals surface area (Å²) >= 11 is 0. The Hall–Kier alpha value is -2.94. The van der Waals surface area contributed by atoms with Gasteiger partial charge in [-0.3, -0.25) is 0 Å². The van der Waals surface area contributed by atoms with Crippen LogP contribution >= 0.6 is 0 Å². The van der Waals surface area contributed by atoms with Gasteiger partial charge < -0.3 is 4.74 Å². The number of hydrogen-bond acceptors (Lipinski definition) is 1. The molecule has 0 amide bonds. The Kier molecular flexibility index (Phi) is 7.65. The van der Waals surface area contributed by atoms with Gasteiger partial charge in [-0.2, -0.15) is 8.78 Å². The molecule has 37 heavy (non-hydrogen) atoms. The van der Waals surface area contributed by atoms with Crippen LogP contribution in [0.4, 0.5) is 35.1 Å². The fraction of sp³-hybridized carbons (Fsp3) is 0.357. The number of hydrogen-bond donors (Lipinski definition) is 0. The Morgan fingerprint density at radius 1 is 0.946 bits per heavy atom. The monoisotopic (exact) mass is 528 g/mol. The molecule has 0 fully saturated rings. The predicted molar refractivity (Wildman–Crippen MR) is 123 cm³/mol. The molecule has 2 aromatic carbocycles. The second-order valence-corrected chi connectivity index (χ2v) is 9.31. The van der Waals surface area contributed by atoms with Crippen molar-refractivity contribution in [2.45, 2.75) is 57.4 Å². The van der Waals surface area contributed by atoms with Gasteiger partial charge in [0.05, 0.1) is 17.6 Å². The van der Waals surface area contributed by atoms with Gasteiger partial charge in [-0.1, -0.05) is 31.2 Å². The summed E-state index contributed by atoms with van der Waals surface area (Å²) in [4.78, 5) is 0. The molecular weight excluding hydrogens is 504 g/mol. The first-order chi connectivity index (χ1) is 17.4. The summed E-state index contributed by atoms with van der Waals surface area (Å²) in [5.41, 5.74) is -1.97. The molecule has 0 aliphatic heterocycles. The molecule has 4 atom stereocenters. The summed E-state index contributed by atoms with van der Waals surface area (Å²) < 4.78 is 120. The Labute approximate surface area is 209 Å². The molecule has 0 heterocycles. The molecule has 0 aromatic heterocycles. The fourth-order valence-corrected chi connectivity index (χ4v) is 4.66. The first kappa shape index (κ1) is 27.1. The molecule has 0 saturated carbocycles. The summed E-state index contributed by atoms with van der Waals surface area (Å²) in [6, 6.07) is 5.73. The Bertz CT molecular complexity index is 1240. The topological polar surface area (TPSA) is 9.23 Å². The summed E-state index contributed by atoms with van der Waals surface area (Å²) in [7, 11) is 0. The van der Waals surface area contributed by atoms with Crippen molar-refractivity contribution in [3.05, 3.63) is 99.9 Å². The quantitative estimate of drug-likeness (QED) is 0.340. The predicted octanol–water partition coefficient (Wildman–Crippen LogP) is 9.05. The van der Waals surface area contributed by atoms with E-state index in [1.807, 2.05) is 6.92 Å². The van der Waals surface area contributed by atoms with Gasteiger partial charge in [0.1, 0.15) is 35.3 Å². The molecule has 0 bridgehead atoms. The van der Waals surface area contributed by atoms with E-state index >= 15 is 0 Å². The van der Waals surface area contributed by atoms with Gasteiger partial charge in [0.15, 0.2) is 0 Å². The average molecular weight is 528 g/mol. The first-order valence-electron chi connectivity index (χ1n) is 11.8. The molecular formula is C28H24F8O. The van der Waals surface area contributed by atoms with E-state index in [-0.39, 0.29) is 23.5 Å². The van der Waals surface area contributed by atoms with Crippen molar-refractivity contribution in [1.82, 2.24) is 0 Å². The number of rotatable bonds is 6. The van der Waals surface area contributed by atoms with Crippen LogP contribution in [0.2, 0.25) is 0 Å². The van der Waals surface area contributed by atoms with Gasteiger partial charge in [0, 0.05) is 17.6 Å². The second kappa shape index (κ2) is 10.4. The van der Waals surface area contributed by atoms with Crippen molar-refractivity contribution in [1.29, 1.82) is 0 Å². The maximum atomic E-state index is 14.8. The van der Waals surface area contributed by atoms with E-state index in [9.17, 15) is 35.1 Å². The number of allylic oxidation sites excluding steroid dienone is 4. The lowest BCUT2D eigenvalue weighted by molar-refractivity contribution is -0.264. The van der Waals surface area contributed by atoms with Crippen molar-refractivity contribution in [2.75, 3.05) is 0 Å². The zero-order valence-corrected chi connectivity index (χ0v) is 20.0. The van der Waals surface area contributed by atoms with Crippen molar-refractivity contribution in [2.24, 2.45) is 5.92 Å². The largest absolute Gasteiger partial charge is 0.383 e. The summed E-state index contributed by atoms with van der Waals surface area (Å²) in [5.74, 6) is -6.62. The molecule has 2 aliphatic rings. The fourth-order valence-electron chi connectivity index (χ4n) is 4.66. The molecule has 0 saturated heterocycles. The van der Waals surface area contributed by atoms with E-state index in [2.05, 4.69) is 4.74 Å². The summed E-state index contributed by atoms with van der Waals surface area (Å²) in [6.45, 7) is 2.97. The molecule has 4 unspecified atom stereocenters. The lowest BCUT2D eigenvalue weighted by Gasteiger charge is -2.29.